The van der Waals surface area contributed by atoms with Gasteiger partial charge in [0.1, 0.15) is 11.6 Å². The molecule has 0 aliphatic heterocycles. The summed E-state index contributed by atoms with van der Waals surface area (Å²) in [5, 5.41) is 7.33. The van der Waals surface area contributed by atoms with E-state index in [2.05, 4.69) is 24.0 Å². The highest BCUT2D eigenvalue weighted by molar-refractivity contribution is 6.31. The molecule has 0 amide bonds. The van der Waals surface area contributed by atoms with Gasteiger partial charge in [0.25, 0.3) is 0 Å². The molecule has 2 rings (SSSR count). The lowest BCUT2D eigenvalue weighted by molar-refractivity contribution is 0.415. The van der Waals surface area contributed by atoms with E-state index in [1.54, 1.807) is 13.3 Å². The normalized spacial score (nSPS) is 10.9. The first-order valence-corrected chi connectivity index (χ1v) is 6.09. The summed E-state index contributed by atoms with van der Waals surface area (Å²) in [5.41, 5.74) is 8.52. The van der Waals surface area contributed by atoms with Crippen molar-refractivity contribution < 1.29 is 4.74 Å². The summed E-state index contributed by atoms with van der Waals surface area (Å²) < 4.78 is 5.41. The predicted octanol–water partition coefficient (Wildman–Crippen LogP) is 3.44. The third-order valence-electron chi connectivity index (χ3n) is 2.90. The van der Waals surface area contributed by atoms with Crippen LogP contribution < -0.4 is 10.5 Å². The molecule has 1 aromatic carbocycles. The Kier molecular flexibility index (Phi) is 3.48. The Morgan fingerprint density at radius 1 is 1.33 bits per heavy atom. The quantitative estimate of drug-likeness (QED) is 0.893. The van der Waals surface area contributed by atoms with Crippen LogP contribution in [0.3, 0.4) is 0 Å². The van der Waals surface area contributed by atoms with Gasteiger partial charge in [0.2, 0.25) is 0 Å². The van der Waals surface area contributed by atoms with Gasteiger partial charge in [0, 0.05) is 16.1 Å². The lowest BCUT2D eigenvalue weighted by atomic mass is 9.98. The van der Waals surface area contributed by atoms with Crippen LogP contribution in [0.25, 0.3) is 11.1 Å². The Hall–Kier alpha value is -1.68. The van der Waals surface area contributed by atoms with Gasteiger partial charge in [-0.25, -0.2) is 0 Å². The smallest absolute Gasteiger partial charge is 0.127 e. The monoisotopic (exact) mass is 265 g/mol. The highest BCUT2D eigenvalue weighted by Gasteiger charge is 2.15. The second-order valence-corrected chi connectivity index (χ2v) is 4.83. The third kappa shape index (κ3) is 2.16. The van der Waals surface area contributed by atoms with Gasteiger partial charge >= 0.3 is 0 Å². The van der Waals surface area contributed by atoms with Crippen LogP contribution in [-0.4, -0.2) is 17.3 Å². The number of methoxy groups -OCH3 is 1. The summed E-state index contributed by atoms with van der Waals surface area (Å²) in [6, 6.07) is 3.83. The summed E-state index contributed by atoms with van der Waals surface area (Å²) >= 11 is 6.30. The highest BCUT2D eigenvalue weighted by Crippen LogP contribution is 2.38. The minimum Gasteiger partial charge on any atom is -0.496 e. The van der Waals surface area contributed by atoms with Gasteiger partial charge in [-0.2, -0.15) is 5.10 Å². The van der Waals surface area contributed by atoms with Crippen LogP contribution in [0.15, 0.2) is 18.3 Å². The number of ether oxygens (including phenoxy) is 1. The Labute approximate surface area is 111 Å². The number of nitrogens with zero attached hydrogens (tertiary/aromatic N) is 1. The number of hydrogen-bond donors (Lipinski definition) is 2. The van der Waals surface area contributed by atoms with Gasteiger partial charge in [-0.15, -0.1) is 0 Å². The second-order valence-electron chi connectivity index (χ2n) is 4.43. The number of anilines is 1. The average Bonchev–Trinajstić information content (AvgIpc) is 2.74. The standard InChI is InChI=1S/C13H16ClN3O/c1-7(2)8-5-12(18-3)9(4-11(8)14)10-6-16-17-13(10)15/h4-7H,1-3H3,(H3,15,16,17). The molecule has 0 saturated carbocycles. The molecule has 3 N–H and O–H groups in total. The van der Waals surface area contributed by atoms with E-state index in [9.17, 15) is 0 Å². The predicted molar refractivity (Wildman–Crippen MR) is 74.1 cm³/mol. The van der Waals surface area contributed by atoms with Crippen molar-refractivity contribution in [2.24, 2.45) is 0 Å². The van der Waals surface area contributed by atoms with Gasteiger partial charge < -0.3 is 10.5 Å². The lowest BCUT2D eigenvalue weighted by Crippen LogP contribution is -1.96. The second kappa shape index (κ2) is 4.90. The third-order valence-corrected chi connectivity index (χ3v) is 3.23. The van der Waals surface area contributed by atoms with Gasteiger partial charge in [0.05, 0.1) is 13.3 Å². The van der Waals surface area contributed by atoms with E-state index < -0.39 is 0 Å². The van der Waals surface area contributed by atoms with Crippen LogP contribution in [0.2, 0.25) is 5.02 Å². The molecular weight excluding hydrogens is 250 g/mol. The minimum absolute atomic E-state index is 0.335. The zero-order chi connectivity index (χ0) is 13.3. The van der Waals surface area contributed by atoms with Gasteiger partial charge in [-0.05, 0) is 23.6 Å². The van der Waals surface area contributed by atoms with E-state index in [1.165, 1.54) is 0 Å². The molecule has 0 atom stereocenters. The van der Waals surface area contributed by atoms with Gasteiger partial charge in [0.15, 0.2) is 0 Å². The molecule has 96 valence electrons. The highest BCUT2D eigenvalue weighted by atomic mass is 35.5. The SMILES string of the molecule is COc1cc(C(C)C)c(Cl)cc1-c1cn[nH]c1N. The maximum absolute atomic E-state index is 6.30. The first kappa shape index (κ1) is 12.8. The van der Waals surface area contributed by atoms with E-state index >= 15 is 0 Å². The summed E-state index contributed by atoms with van der Waals surface area (Å²) in [5.74, 6) is 1.58. The maximum atomic E-state index is 6.30. The fourth-order valence-corrected chi connectivity index (χ4v) is 2.28. The molecule has 0 aliphatic carbocycles. The first-order chi connectivity index (χ1) is 8.54. The first-order valence-electron chi connectivity index (χ1n) is 5.71. The number of halogens is 1. The molecule has 1 aromatic heterocycles. The fourth-order valence-electron chi connectivity index (χ4n) is 1.90. The molecule has 0 aliphatic rings. The largest absolute Gasteiger partial charge is 0.496 e. The van der Waals surface area contributed by atoms with Crippen molar-refractivity contribution in [3.63, 3.8) is 0 Å². The molecule has 0 bridgehead atoms. The topological polar surface area (TPSA) is 63.9 Å². The summed E-state index contributed by atoms with van der Waals surface area (Å²) in [4.78, 5) is 0. The van der Waals surface area contributed by atoms with Crippen LogP contribution >= 0.6 is 11.6 Å². The molecule has 2 aromatic rings. The molecule has 0 unspecified atom stereocenters. The molecule has 1 heterocycles. The lowest BCUT2D eigenvalue weighted by Gasteiger charge is -2.14. The zero-order valence-electron chi connectivity index (χ0n) is 10.6. The molecule has 0 fully saturated rings. The summed E-state index contributed by atoms with van der Waals surface area (Å²) in [6.07, 6.45) is 1.67. The van der Waals surface area contributed by atoms with Crippen molar-refractivity contribution in [1.29, 1.82) is 0 Å². The van der Waals surface area contributed by atoms with Crippen LogP contribution in [0.4, 0.5) is 5.82 Å². The number of nitrogen functional groups attached to an aromatic ring is 1. The summed E-state index contributed by atoms with van der Waals surface area (Å²) in [6.45, 7) is 4.18. The van der Waals surface area contributed by atoms with Crippen molar-refractivity contribution in [2.75, 3.05) is 12.8 Å². The molecular formula is C13H16ClN3O. The Bertz CT molecular complexity index is 563. The van der Waals surface area contributed by atoms with Gasteiger partial charge in [-0.3, -0.25) is 5.10 Å². The minimum atomic E-state index is 0.335. The Morgan fingerprint density at radius 2 is 2.06 bits per heavy atom. The number of hydrogen-bond acceptors (Lipinski definition) is 3. The Morgan fingerprint density at radius 3 is 2.56 bits per heavy atom. The Balaban J connectivity index is 2.62. The maximum Gasteiger partial charge on any atom is 0.127 e. The number of H-pyrrole nitrogens is 1. The van der Waals surface area contributed by atoms with E-state index in [1.807, 2.05) is 12.1 Å². The zero-order valence-corrected chi connectivity index (χ0v) is 11.4. The number of nitrogens with one attached hydrogen (secondary N) is 1. The van der Waals surface area contributed by atoms with Crippen molar-refractivity contribution in [3.8, 4) is 16.9 Å². The molecule has 18 heavy (non-hydrogen) atoms. The van der Waals surface area contributed by atoms with Crippen molar-refractivity contribution in [2.45, 2.75) is 19.8 Å². The average molecular weight is 266 g/mol. The number of nitrogens with two attached hydrogens (primary N) is 1. The number of benzene rings is 1. The van der Waals surface area contributed by atoms with Crippen molar-refractivity contribution in [1.82, 2.24) is 10.2 Å². The summed E-state index contributed by atoms with van der Waals surface area (Å²) in [7, 11) is 1.63. The van der Waals surface area contributed by atoms with Gasteiger partial charge in [-0.1, -0.05) is 25.4 Å². The van der Waals surface area contributed by atoms with E-state index in [-0.39, 0.29) is 0 Å². The molecule has 0 saturated heterocycles. The molecule has 0 spiro atoms. The van der Waals surface area contributed by atoms with Crippen LogP contribution in [0.1, 0.15) is 25.3 Å². The van der Waals surface area contributed by atoms with Crippen molar-refractivity contribution in [3.05, 3.63) is 28.9 Å². The number of aromatic nitrogens is 2. The molecule has 0 radical (unpaired) electrons. The molecule has 5 heteroatoms. The van der Waals surface area contributed by atoms with Crippen LogP contribution in [0.5, 0.6) is 5.75 Å². The van der Waals surface area contributed by atoms with E-state index in [4.69, 9.17) is 22.1 Å². The van der Waals surface area contributed by atoms with Crippen LogP contribution in [-0.2, 0) is 0 Å². The van der Waals surface area contributed by atoms with E-state index in [0.717, 1.165) is 22.4 Å². The number of rotatable bonds is 3. The number of aromatic amines is 1. The molecule has 4 nitrogen and oxygen atoms in total. The fraction of sp³-hybridized carbons (Fsp3) is 0.308. The van der Waals surface area contributed by atoms with Crippen LogP contribution in [0, 0.1) is 0 Å². The van der Waals surface area contributed by atoms with E-state index in [0.29, 0.717) is 16.8 Å². The van der Waals surface area contributed by atoms with Crippen molar-refractivity contribution >= 4 is 17.4 Å².